The first-order chi connectivity index (χ1) is 15.4. The van der Waals surface area contributed by atoms with Gasteiger partial charge in [-0.15, -0.1) is 0 Å². The van der Waals surface area contributed by atoms with Crippen molar-refractivity contribution in [2.75, 3.05) is 38.2 Å². The second-order valence-corrected chi connectivity index (χ2v) is 9.34. The first kappa shape index (κ1) is 25.0. The number of furan rings is 1. The van der Waals surface area contributed by atoms with Crippen LogP contribution in [0.4, 0.5) is 24.5 Å². The molecule has 1 aliphatic heterocycles. The lowest BCUT2D eigenvalue weighted by atomic mass is 9.95. The van der Waals surface area contributed by atoms with E-state index in [2.05, 4.69) is 5.32 Å². The molecular formula is C19H22F3N3O7S. The van der Waals surface area contributed by atoms with Gasteiger partial charge in [-0.1, -0.05) is 0 Å². The molecule has 0 amide bonds. The van der Waals surface area contributed by atoms with Crippen LogP contribution in [-0.2, 0) is 20.4 Å². The maximum Gasteiger partial charge on any atom is 0.424 e. The van der Waals surface area contributed by atoms with Crippen LogP contribution in [0.1, 0.15) is 17.9 Å². The highest BCUT2D eigenvalue weighted by Crippen LogP contribution is 2.42. The molecule has 1 aromatic carbocycles. The average Bonchev–Trinajstić information content (AvgIpc) is 3.20. The average molecular weight is 493 g/mol. The highest BCUT2D eigenvalue weighted by Gasteiger charge is 2.56. The number of nitrogens with one attached hydrogen (secondary N) is 1. The predicted molar refractivity (Wildman–Crippen MR) is 109 cm³/mol. The van der Waals surface area contributed by atoms with E-state index in [1.54, 1.807) is 0 Å². The minimum atomic E-state index is -5.07. The van der Waals surface area contributed by atoms with Crippen LogP contribution in [0.2, 0.25) is 0 Å². The second-order valence-electron chi connectivity index (χ2n) is 7.40. The molecule has 3 rings (SSSR count). The molecule has 0 radical (unpaired) electrons. The largest absolute Gasteiger partial charge is 0.463 e. The fraction of sp³-hybridized carbons (Fsp3) is 0.474. The first-order valence-electron chi connectivity index (χ1n) is 9.82. The maximum atomic E-state index is 13.6. The number of anilines is 1. The number of alkyl halides is 3. The zero-order chi connectivity index (χ0) is 24.4. The molecule has 1 atom stereocenters. The Labute approximate surface area is 187 Å². The lowest BCUT2D eigenvalue weighted by Gasteiger charge is -2.28. The molecule has 33 heavy (non-hydrogen) atoms. The summed E-state index contributed by atoms with van der Waals surface area (Å²) in [6.45, 7) is 1.48. The van der Waals surface area contributed by atoms with Crippen LogP contribution in [0.15, 0.2) is 39.6 Å². The Balaban J connectivity index is 1.81. The van der Waals surface area contributed by atoms with E-state index in [-0.39, 0.29) is 42.6 Å². The lowest BCUT2D eigenvalue weighted by Crippen LogP contribution is -2.43. The second kappa shape index (κ2) is 9.29. The van der Waals surface area contributed by atoms with Crippen molar-refractivity contribution < 1.29 is 40.8 Å². The maximum absolute atomic E-state index is 13.6. The van der Waals surface area contributed by atoms with Gasteiger partial charge in [-0.05, 0) is 31.2 Å². The topological polar surface area (TPSA) is 135 Å². The summed E-state index contributed by atoms with van der Waals surface area (Å²) in [5.41, 5.74) is -4.14. The summed E-state index contributed by atoms with van der Waals surface area (Å²) in [6.07, 6.45) is -5.98. The van der Waals surface area contributed by atoms with Gasteiger partial charge in [-0.25, -0.2) is 8.42 Å². The molecule has 2 heterocycles. The third-order valence-corrected chi connectivity index (χ3v) is 7.09. The van der Waals surface area contributed by atoms with E-state index in [0.717, 1.165) is 28.6 Å². The van der Waals surface area contributed by atoms with E-state index in [9.17, 15) is 36.8 Å². The van der Waals surface area contributed by atoms with Gasteiger partial charge >= 0.3 is 6.18 Å². The van der Waals surface area contributed by atoms with Gasteiger partial charge in [0.25, 0.3) is 5.69 Å². The van der Waals surface area contributed by atoms with Crippen LogP contribution in [0.3, 0.4) is 0 Å². The molecular weight excluding hydrogens is 471 g/mol. The van der Waals surface area contributed by atoms with Gasteiger partial charge in [0.05, 0.1) is 23.0 Å². The van der Waals surface area contributed by atoms with Crippen LogP contribution in [0, 0.1) is 17.0 Å². The van der Waals surface area contributed by atoms with Crippen molar-refractivity contribution in [1.82, 2.24) is 4.31 Å². The monoisotopic (exact) mass is 493 g/mol. The van der Waals surface area contributed by atoms with Crippen molar-refractivity contribution in [3.8, 4) is 0 Å². The standard InChI is InChI=1S/C19H22F3N3O7S/c1-13-2-5-17(32-13)18(26,19(20,21)22)6-7-23-15-4-3-14(12-16(15)25(27)28)33(29,30)24-8-10-31-11-9-24/h2-5,12,23,26H,6-11H2,1H3. The smallest absolute Gasteiger partial charge is 0.424 e. The Bertz CT molecular complexity index is 1110. The summed E-state index contributed by atoms with van der Waals surface area (Å²) < 4.78 is 77.4. The molecule has 1 saturated heterocycles. The molecule has 2 aromatic rings. The Morgan fingerprint density at radius 1 is 1.21 bits per heavy atom. The van der Waals surface area contributed by atoms with E-state index >= 15 is 0 Å². The summed E-state index contributed by atoms with van der Waals surface area (Å²) in [6, 6.07) is 5.37. The molecule has 1 aliphatic rings. The molecule has 0 bridgehead atoms. The van der Waals surface area contributed by atoms with Crippen molar-refractivity contribution >= 4 is 21.4 Å². The van der Waals surface area contributed by atoms with E-state index in [1.165, 1.54) is 13.0 Å². The van der Waals surface area contributed by atoms with E-state index in [4.69, 9.17) is 9.15 Å². The number of nitro benzene ring substituents is 1. The number of morpholine rings is 1. The molecule has 182 valence electrons. The van der Waals surface area contributed by atoms with Crippen LogP contribution in [0.5, 0.6) is 0 Å². The fourth-order valence-corrected chi connectivity index (χ4v) is 4.78. The molecule has 0 spiro atoms. The number of nitro groups is 1. The number of halogens is 3. The number of benzene rings is 1. The predicted octanol–water partition coefficient (Wildman–Crippen LogP) is 2.77. The number of aryl methyl sites for hydroxylation is 1. The minimum Gasteiger partial charge on any atom is -0.463 e. The fourth-order valence-electron chi connectivity index (χ4n) is 3.35. The Kier molecular flexibility index (Phi) is 7.02. The number of sulfonamides is 1. The van der Waals surface area contributed by atoms with E-state index in [1.807, 2.05) is 0 Å². The summed E-state index contributed by atoms with van der Waals surface area (Å²) in [5, 5.41) is 24.3. The third-order valence-electron chi connectivity index (χ3n) is 5.19. The molecule has 2 N–H and O–H groups in total. The summed E-state index contributed by atoms with van der Waals surface area (Å²) in [4.78, 5) is 10.4. The number of rotatable bonds is 8. The number of aliphatic hydroxyl groups is 1. The van der Waals surface area contributed by atoms with Crippen molar-refractivity contribution in [3.63, 3.8) is 0 Å². The number of ether oxygens (including phenoxy) is 1. The van der Waals surface area contributed by atoms with Crippen molar-refractivity contribution in [2.24, 2.45) is 0 Å². The molecule has 14 heteroatoms. The highest BCUT2D eigenvalue weighted by molar-refractivity contribution is 7.89. The van der Waals surface area contributed by atoms with Gasteiger partial charge in [0, 0.05) is 32.1 Å². The van der Waals surface area contributed by atoms with Gasteiger partial charge in [0.1, 0.15) is 17.2 Å². The van der Waals surface area contributed by atoms with E-state index in [0.29, 0.717) is 0 Å². The summed E-state index contributed by atoms with van der Waals surface area (Å²) in [7, 11) is -4.01. The highest BCUT2D eigenvalue weighted by atomic mass is 32.2. The molecule has 0 aliphatic carbocycles. The normalized spacial score (nSPS) is 17.5. The van der Waals surface area contributed by atoms with Crippen LogP contribution >= 0.6 is 0 Å². The van der Waals surface area contributed by atoms with Crippen LogP contribution < -0.4 is 5.32 Å². The quantitative estimate of drug-likeness (QED) is 0.423. The van der Waals surface area contributed by atoms with Crippen LogP contribution in [-0.4, -0.2) is 61.8 Å². The Morgan fingerprint density at radius 2 is 1.88 bits per heavy atom. The van der Waals surface area contributed by atoms with Gasteiger partial charge in [-0.3, -0.25) is 10.1 Å². The molecule has 10 nitrogen and oxygen atoms in total. The summed E-state index contributed by atoms with van der Waals surface area (Å²) in [5.74, 6) is -0.524. The van der Waals surface area contributed by atoms with Gasteiger partial charge in [-0.2, -0.15) is 17.5 Å². The number of hydrogen-bond donors (Lipinski definition) is 2. The van der Waals surface area contributed by atoms with E-state index < -0.39 is 51.1 Å². The zero-order valence-corrected chi connectivity index (χ0v) is 18.3. The molecule has 1 unspecified atom stereocenters. The Hall–Kier alpha value is -2.68. The minimum absolute atomic E-state index is 0.0956. The molecule has 0 saturated carbocycles. The SMILES string of the molecule is Cc1ccc(C(O)(CCNc2ccc(S(=O)(=O)N3CCOCC3)cc2[N+](=O)[O-])C(F)(F)F)o1. The lowest BCUT2D eigenvalue weighted by molar-refractivity contribution is -0.384. The van der Waals surface area contributed by atoms with Crippen molar-refractivity contribution in [2.45, 2.75) is 30.0 Å². The summed E-state index contributed by atoms with van der Waals surface area (Å²) >= 11 is 0. The van der Waals surface area contributed by atoms with Crippen molar-refractivity contribution in [3.05, 3.63) is 52.0 Å². The van der Waals surface area contributed by atoms with Gasteiger partial charge in [0.2, 0.25) is 15.6 Å². The Morgan fingerprint density at radius 3 is 2.42 bits per heavy atom. The van der Waals surface area contributed by atoms with Gasteiger partial charge < -0.3 is 19.6 Å². The number of hydrogen-bond acceptors (Lipinski definition) is 8. The van der Waals surface area contributed by atoms with Crippen molar-refractivity contribution in [1.29, 1.82) is 0 Å². The molecule has 1 aromatic heterocycles. The zero-order valence-electron chi connectivity index (χ0n) is 17.5. The first-order valence-corrected chi connectivity index (χ1v) is 11.3. The van der Waals surface area contributed by atoms with Gasteiger partial charge in [0.15, 0.2) is 0 Å². The number of nitrogens with zero attached hydrogens (tertiary/aromatic N) is 2. The molecule has 1 fully saturated rings. The third kappa shape index (κ3) is 5.13. The van der Waals surface area contributed by atoms with Crippen LogP contribution in [0.25, 0.3) is 0 Å².